The standard InChI is InChI=1S/C26H40O7Si/c1-24(2,3)34(8,9)33-21-16-18(17-30-23(27)19-13-11-10-12-14-19)15-20-22(21)32-26(5,29-7)25(4,28-6)31-20/h10-14,16,20-22H,15,17H2,1-9H3/t20-,21-,22+,25+,26+/m1/s1. The molecule has 0 unspecified atom stereocenters. The summed E-state index contributed by atoms with van der Waals surface area (Å²) in [6.07, 6.45) is 1.45. The van der Waals surface area contributed by atoms with Gasteiger partial charge in [0.25, 0.3) is 0 Å². The van der Waals surface area contributed by atoms with Crippen LogP contribution in [0.15, 0.2) is 42.0 Å². The second-order valence-electron chi connectivity index (χ2n) is 10.9. The van der Waals surface area contributed by atoms with Gasteiger partial charge in [0.05, 0.1) is 17.8 Å². The summed E-state index contributed by atoms with van der Waals surface area (Å²) in [5.41, 5.74) is 1.45. The quantitative estimate of drug-likeness (QED) is 0.299. The molecule has 1 aliphatic carbocycles. The maximum absolute atomic E-state index is 12.5. The molecule has 2 aliphatic rings. The van der Waals surface area contributed by atoms with Crippen molar-refractivity contribution in [3.63, 3.8) is 0 Å². The predicted molar refractivity (Wildman–Crippen MR) is 132 cm³/mol. The van der Waals surface area contributed by atoms with Crippen molar-refractivity contribution in [3.8, 4) is 0 Å². The zero-order valence-corrected chi connectivity index (χ0v) is 23.0. The van der Waals surface area contributed by atoms with Crippen molar-refractivity contribution in [3.05, 3.63) is 47.5 Å². The maximum atomic E-state index is 12.5. The molecule has 5 atom stereocenters. The summed E-state index contributed by atoms with van der Waals surface area (Å²) in [6.45, 7) is 14.8. The molecule has 7 nitrogen and oxygen atoms in total. The Morgan fingerprint density at radius 3 is 2.21 bits per heavy atom. The summed E-state index contributed by atoms with van der Waals surface area (Å²) in [7, 11) is 1.00. The molecular weight excluding hydrogens is 452 g/mol. The molecule has 1 aromatic carbocycles. The smallest absolute Gasteiger partial charge is 0.338 e. The molecule has 0 radical (unpaired) electrons. The van der Waals surface area contributed by atoms with E-state index in [1.165, 1.54) is 0 Å². The second-order valence-corrected chi connectivity index (χ2v) is 15.6. The summed E-state index contributed by atoms with van der Waals surface area (Å²) >= 11 is 0. The van der Waals surface area contributed by atoms with Crippen LogP contribution >= 0.6 is 0 Å². The summed E-state index contributed by atoms with van der Waals surface area (Å²) in [4.78, 5) is 12.5. The topological polar surface area (TPSA) is 72.5 Å². The first-order chi connectivity index (χ1) is 15.8. The lowest BCUT2D eigenvalue weighted by molar-refractivity contribution is -0.452. The van der Waals surface area contributed by atoms with Gasteiger partial charge >= 0.3 is 5.97 Å². The van der Waals surface area contributed by atoms with E-state index < -0.39 is 26.0 Å². The van der Waals surface area contributed by atoms with Crippen molar-refractivity contribution in [2.75, 3.05) is 20.8 Å². The van der Waals surface area contributed by atoms with Gasteiger partial charge in [-0.25, -0.2) is 4.79 Å². The molecule has 1 heterocycles. The minimum Gasteiger partial charge on any atom is -0.458 e. The molecule has 0 aromatic heterocycles. The number of hydrogen-bond acceptors (Lipinski definition) is 7. The number of hydrogen-bond donors (Lipinski definition) is 0. The highest BCUT2D eigenvalue weighted by atomic mass is 28.4. The molecule has 190 valence electrons. The number of fused-ring (bicyclic) bond motifs is 1. The Hall–Kier alpha value is -1.55. The lowest BCUT2D eigenvalue weighted by atomic mass is 9.89. The highest BCUT2D eigenvalue weighted by molar-refractivity contribution is 6.74. The lowest BCUT2D eigenvalue weighted by Crippen LogP contribution is -2.68. The first-order valence-electron chi connectivity index (χ1n) is 11.8. The van der Waals surface area contributed by atoms with Crippen LogP contribution in [0, 0.1) is 0 Å². The molecule has 1 aromatic rings. The van der Waals surface area contributed by atoms with Crippen molar-refractivity contribution < 1.29 is 32.9 Å². The van der Waals surface area contributed by atoms with Gasteiger partial charge in [0.2, 0.25) is 11.6 Å². The first kappa shape index (κ1) is 27.0. The third-order valence-electron chi connectivity index (χ3n) is 7.53. The summed E-state index contributed by atoms with van der Waals surface area (Å²) in [5.74, 6) is -2.60. The lowest BCUT2D eigenvalue weighted by Gasteiger charge is -2.55. The molecule has 0 saturated carbocycles. The van der Waals surface area contributed by atoms with Crippen molar-refractivity contribution >= 4 is 14.3 Å². The fourth-order valence-corrected chi connectivity index (χ4v) is 5.24. The Bertz CT molecular complexity index is 894. The van der Waals surface area contributed by atoms with E-state index in [1.807, 2.05) is 38.1 Å². The van der Waals surface area contributed by atoms with Crippen LogP contribution in [0.3, 0.4) is 0 Å². The number of carbonyl (C=O) groups excluding carboxylic acids is 1. The average molecular weight is 493 g/mol. The molecular formula is C26H40O7Si. The zero-order chi connectivity index (χ0) is 25.4. The number of benzene rings is 1. The second kappa shape index (κ2) is 9.83. The van der Waals surface area contributed by atoms with Crippen LogP contribution in [-0.2, 0) is 28.1 Å². The highest BCUT2D eigenvalue weighted by Gasteiger charge is 2.59. The molecule has 0 spiro atoms. The number of methoxy groups -OCH3 is 2. The zero-order valence-electron chi connectivity index (χ0n) is 22.0. The Labute approximate surface area is 204 Å². The maximum Gasteiger partial charge on any atom is 0.338 e. The van der Waals surface area contributed by atoms with Crippen molar-refractivity contribution in [1.82, 2.24) is 0 Å². The monoisotopic (exact) mass is 492 g/mol. The number of carbonyl (C=O) groups is 1. The molecule has 1 aliphatic heterocycles. The summed E-state index contributed by atoms with van der Waals surface area (Å²) in [6, 6.07) is 8.98. The third-order valence-corrected chi connectivity index (χ3v) is 12.0. The van der Waals surface area contributed by atoms with Crippen LogP contribution in [0.4, 0.5) is 0 Å². The number of esters is 1. The van der Waals surface area contributed by atoms with Gasteiger partial charge in [-0.1, -0.05) is 45.0 Å². The largest absolute Gasteiger partial charge is 0.458 e. The van der Waals surface area contributed by atoms with E-state index in [-0.39, 0.29) is 29.8 Å². The van der Waals surface area contributed by atoms with E-state index in [2.05, 4.69) is 33.9 Å². The van der Waals surface area contributed by atoms with Crippen molar-refractivity contribution in [2.45, 2.75) is 89.1 Å². The van der Waals surface area contributed by atoms with Crippen LogP contribution in [0.5, 0.6) is 0 Å². The van der Waals surface area contributed by atoms with Gasteiger partial charge in [-0.2, -0.15) is 0 Å². The van der Waals surface area contributed by atoms with E-state index in [9.17, 15) is 4.79 Å². The average Bonchev–Trinajstić information content (AvgIpc) is 2.78. The van der Waals surface area contributed by atoms with Gasteiger partial charge in [-0.3, -0.25) is 0 Å². The normalized spacial score (nSPS) is 32.0. The Morgan fingerprint density at radius 1 is 1.06 bits per heavy atom. The van der Waals surface area contributed by atoms with E-state index >= 15 is 0 Å². The van der Waals surface area contributed by atoms with Gasteiger partial charge in [-0.05, 0) is 49.7 Å². The van der Waals surface area contributed by atoms with Crippen LogP contribution < -0.4 is 0 Å². The van der Waals surface area contributed by atoms with E-state index in [1.54, 1.807) is 26.4 Å². The fourth-order valence-electron chi connectivity index (χ4n) is 4.00. The minimum atomic E-state index is -2.16. The van der Waals surface area contributed by atoms with Crippen molar-refractivity contribution in [1.29, 1.82) is 0 Å². The Morgan fingerprint density at radius 2 is 1.65 bits per heavy atom. The van der Waals surface area contributed by atoms with Gasteiger partial charge in [0.1, 0.15) is 12.7 Å². The molecule has 1 fully saturated rings. The van der Waals surface area contributed by atoms with Gasteiger partial charge < -0.3 is 28.1 Å². The van der Waals surface area contributed by atoms with Crippen LogP contribution in [0.1, 0.15) is 51.4 Å². The number of rotatable bonds is 7. The van der Waals surface area contributed by atoms with E-state index in [4.69, 9.17) is 28.1 Å². The number of ether oxygens (including phenoxy) is 5. The van der Waals surface area contributed by atoms with Gasteiger partial charge in [0, 0.05) is 20.6 Å². The van der Waals surface area contributed by atoms with E-state index in [0.29, 0.717) is 12.0 Å². The minimum absolute atomic E-state index is 0.00878. The van der Waals surface area contributed by atoms with Gasteiger partial charge in [0.15, 0.2) is 8.32 Å². The molecule has 0 N–H and O–H groups in total. The first-order valence-corrected chi connectivity index (χ1v) is 14.7. The molecule has 0 amide bonds. The predicted octanol–water partition coefficient (Wildman–Crippen LogP) is 5.07. The van der Waals surface area contributed by atoms with Crippen LogP contribution in [0.25, 0.3) is 0 Å². The van der Waals surface area contributed by atoms with Gasteiger partial charge in [-0.15, -0.1) is 0 Å². The van der Waals surface area contributed by atoms with Crippen LogP contribution in [-0.4, -0.2) is 65.0 Å². The Balaban J connectivity index is 1.88. The SMILES string of the molecule is CO[C@@]1(C)O[C@@H]2[C@H](O[Si](C)(C)C(C)(C)C)C=C(COC(=O)c3ccccc3)C[C@H]2O[C@]1(C)OC. The molecule has 0 bridgehead atoms. The Kier molecular flexibility index (Phi) is 7.82. The molecule has 8 heteroatoms. The summed E-state index contributed by atoms with van der Waals surface area (Å²) < 4.78 is 36.8. The van der Waals surface area contributed by atoms with E-state index in [0.717, 1.165) is 5.57 Å². The van der Waals surface area contributed by atoms with Crippen LogP contribution in [0.2, 0.25) is 18.1 Å². The third kappa shape index (κ3) is 5.32. The molecule has 34 heavy (non-hydrogen) atoms. The van der Waals surface area contributed by atoms with Crippen molar-refractivity contribution in [2.24, 2.45) is 0 Å². The highest BCUT2D eigenvalue weighted by Crippen LogP contribution is 2.45. The summed E-state index contributed by atoms with van der Waals surface area (Å²) in [5, 5.41) is 0.00878. The fraction of sp³-hybridized carbons (Fsp3) is 0.654. The molecule has 3 rings (SSSR count). The molecule has 1 saturated heterocycles.